The lowest BCUT2D eigenvalue weighted by molar-refractivity contribution is -0.137. The highest BCUT2D eigenvalue weighted by Crippen LogP contribution is 2.30. The summed E-state index contributed by atoms with van der Waals surface area (Å²) in [6, 6.07) is 13.3. The number of halogens is 3. The number of alkyl halides is 3. The Labute approximate surface area is 184 Å². The molecule has 0 unspecified atom stereocenters. The van der Waals surface area contributed by atoms with E-state index in [1.807, 2.05) is 0 Å². The van der Waals surface area contributed by atoms with Gasteiger partial charge in [-0.05, 0) is 48.5 Å². The standard InChI is InChI=1S/C22H14F3N3O5/c23-22(24,25)15-7-3-13(4-8-15)19-27-18(33-28-19)12-32-21(30)14-5-9-16(10-6-14)26-20(29)17-2-1-11-31-17/h1-11H,12H2,(H,26,29). The maximum absolute atomic E-state index is 12.7. The third-order valence-corrected chi connectivity index (χ3v) is 4.39. The number of hydrogen-bond donors (Lipinski definition) is 1. The minimum atomic E-state index is -4.45. The minimum Gasteiger partial charge on any atom is -0.459 e. The van der Waals surface area contributed by atoms with Crippen LogP contribution in [0.25, 0.3) is 11.4 Å². The predicted molar refractivity (Wildman–Crippen MR) is 107 cm³/mol. The Morgan fingerprint density at radius 3 is 2.36 bits per heavy atom. The summed E-state index contributed by atoms with van der Waals surface area (Å²) in [6.45, 7) is -0.330. The second kappa shape index (κ2) is 8.99. The van der Waals surface area contributed by atoms with Crippen molar-refractivity contribution >= 4 is 17.6 Å². The van der Waals surface area contributed by atoms with Crippen LogP contribution in [0.5, 0.6) is 0 Å². The summed E-state index contributed by atoms with van der Waals surface area (Å²) in [5.41, 5.74) is 0.187. The van der Waals surface area contributed by atoms with E-state index in [0.717, 1.165) is 12.1 Å². The van der Waals surface area contributed by atoms with Crippen molar-refractivity contribution in [2.75, 3.05) is 5.32 Å². The zero-order valence-corrected chi connectivity index (χ0v) is 16.6. The summed E-state index contributed by atoms with van der Waals surface area (Å²) in [7, 11) is 0. The van der Waals surface area contributed by atoms with Crippen molar-refractivity contribution < 1.29 is 36.4 Å². The summed E-state index contributed by atoms with van der Waals surface area (Å²) >= 11 is 0. The van der Waals surface area contributed by atoms with Crippen molar-refractivity contribution in [3.63, 3.8) is 0 Å². The molecule has 11 heteroatoms. The van der Waals surface area contributed by atoms with Crippen molar-refractivity contribution in [3.8, 4) is 11.4 Å². The van der Waals surface area contributed by atoms with Gasteiger partial charge in [-0.3, -0.25) is 4.79 Å². The van der Waals surface area contributed by atoms with Crippen molar-refractivity contribution in [2.24, 2.45) is 0 Å². The number of ether oxygens (including phenoxy) is 1. The quantitative estimate of drug-likeness (QED) is 0.408. The van der Waals surface area contributed by atoms with Gasteiger partial charge >= 0.3 is 12.1 Å². The molecule has 33 heavy (non-hydrogen) atoms. The van der Waals surface area contributed by atoms with Crippen LogP contribution < -0.4 is 5.32 Å². The molecule has 0 bridgehead atoms. The number of esters is 1. The van der Waals surface area contributed by atoms with Crippen molar-refractivity contribution in [1.82, 2.24) is 10.1 Å². The van der Waals surface area contributed by atoms with Crippen LogP contribution in [-0.2, 0) is 17.5 Å². The van der Waals surface area contributed by atoms with Gasteiger partial charge in [0.25, 0.3) is 11.8 Å². The molecule has 0 radical (unpaired) electrons. The summed E-state index contributed by atoms with van der Waals surface area (Å²) in [4.78, 5) is 28.2. The number of carbonyl (C=O) groups is 2. The van der Waals surface area contributed by atoms with Gasteiger partial charge in [0.2, 0.25) is 5.82 Å². The summed E-state index contributed by atoms with van der Waals surface area (Å²) < 4.78 is 53.1. The SMILES string of the molecule is O=C(OCc1nc(-c2ccc(C(F)(F)F)cc2)no1)c1ccc(NC(=O)c2ccco2)cc1. The second-order valence-corrected chi connectivity index (χ2v) is 6.67. The van der Waals surface area contributed by atoms with Gasteiger partial charge in [0.1, 0.15) is 0 Å². The van der Waals surface area contributed by atoms with E-state index in [-0.39, 0.29) is 29.6 Å². The largest absolute Gasteiger partial charge is 0.459 e. The van der Waals surface area contributed by atoms with Crippen LogP contribution in [0.2, 0.25) is 0 Å². The Morgan fingerprint density at radius 2 is 1.73 bits per heavy atom. The number of nitrogens with one attached hydrogen (secondary N) is 1. The van der Waals surface area contributed by atoms with Gasteiger partial charge in [0.15, 0.2) is 12.4 Å². The molecule has 2 aromatic heterocycles. The third kappa shape index (κ3) is 5.26. The first-order chi connectivity index (χ1) is 15.8. The molecule has 0 spiro atoms. The number of rotatable bonds is 6. The van der Waals surface area contributed by atoms with Crippen LogP contribution in [0, 0.1) is 0 Å². The fraction of sp³-hybridized carbons (Fsp3) is 0.0909. The number of anilines is 1. The second-order valence-electron chi connectivity index (χ2n) is 6.67. The molecule has 168 valence electrons. The summed E-state index contributed by atoms with van der Waals surface area (Å²) in [6.07, 6.45) is -3.07. The highest BCUT2D eigenvalue weighted by Gasteiger charge is 2.30. The van der Waals surface area contributed by atoms with Crippen LogP contribution in [0.3, 0.4) is 0 Å². The first-order valence-corrected chi connectivity index (χ1v) is 9.42. The summed E-state index contributed by atoms with van der Waals surface area (Å²) in [5, 5.41) is 6.30. The number of aromatic nitrogens is 2. The Balaban J connectivity index is 1.33. The van der Waals surface area contributed by atoms with E-state index in [9.17, 15) is 22.8 Å². The van der Waals surface area contributed by atoms with Crippen LogP contribution >= 0.6 is 0 Å². The molecule has 1 N–H and O–H groups in total. The lowest BCUT2D eigenvalue weighted by Gasteiger charge is -2.06. The van der Waals surface area contributed by atoms with Gasteiger partial charge in [-0.2, -0.15) is 18.2 Å². The first kappa shape index (κ1) is 21.8. The van der Waals surface area contributed by atoms with Gasteiger partial charge < -0.3 is 19.0 Å². The molecular weight excluding hydrogens is 443 g/mol. The number of nitrogens with zero attached hydrogens (tertiary/aromatic N) is 2. The molecule has 0 aliphatic heterocycles. The molecule has 2 aromatic carbocycles. The van der Waals surface area contributed by atoms with Gasteiger partial charge in [0.05, 0.1) is 17.4 Å². The first-order valence-electron chi connectivity index (χ1n) is 9.42. The topological polar surface area (TPSA) is 107 Å². The van der Waals surface area contributed by atoms with Crippen LogP contribution in [0.15, 0.2) is 75.9 Å². The van der Waals surface area contributed by atoms with E-state index in [2.05, 4.69) is 15.5 Å². The Morgan fingerprint density at radius 1 is 1.00 bits per heavy atom. The highest BCUT2D eigenvalue weighted by atomic mass is 19.4. The molecule has 0 saturated heterocycles. The fourth-order valence-corrected chi connectivity index (χ4v) is 2.74. The van der Waals surface area contributed by atoms with Gasteiger partial charge in [-0.25, -0.2) is 4.79 Å². The van der Waals surface area contributed by atoms with Crippen molar-refractivity contribution in [1.29, 1.82) is 0 Å². The van der Waals surface area contributed by atoms with E-state index >= 15 is 0 Å². The fourth-order valence-electron chi connectivity index (χ4n) is 2.74. The van der Waals surface area contributed by atoms with E-state index in [4.69, 9.17) is 13.7 Å². The van der Waals surface area contributed by atoms with Crippen LogP contribution in [0.1, 0.15) is 32.4 Å². The smallest absolute Gasteiger partial charge is 0.416 e. The molecule has 4 aromatic rings. The number of amides is 1. The summed E-state index contributed by atoms with van der Waals surface area (Å²) in [5.74, 6) is -0.926. The Kier molecular flexibility index (Phi) is 5.94. The van der Waals surface area contributed by atoms with Crippen LogP contribution in [0.4, 0.5) is 18.9 Å². The Bertz CT molecular complexity index is 1250. The number of benzene rings is 2. The minimum absolute atomic E-state index is 0.0272. The lowest BCUT2D eigenvalue weighted by atomic mass is 10.1. The normalized spacial score (nSPS) is 11.2. The molecule has 8 nitrogen and oxygen atoms in total. The van der Waals surface area contributed by atoms with Gasteiger partial charge in [-0.15, -0.1) is 0 Å². The van der Waals surface area contributed by atoms with Crippen molar-refractivity contribution in [2.45, 2.75) is 12.8 Å². The Hall–Kier alpha value is -4.41. The molecule has 0 atom stereocenters. The maximum Gasteiger partial charge on any atom is 0.416 e. The lowest BCUT2D eigenvalue weighted by Crippen LogP contribution is -2.11. The van der Waals surface area contributed by atoms with Gasteiger partial charge in [0, 0.05) is 11.3 Å². The maximum atomic E-state index is 12.7. The molecule has 2 heterocycles. The third-order valence-electron chi connectivity index (χ3n) is 4.39. The molecular formula is C22H14F3N3O5. The molecule has 0 aliphatic carbocycles. The molecule has 4 rings (SSSR count). The number of furan rings is 1. The number of hydrogen-bond acceptors (Lipinski definition) is 7. The number of carbonyl (C=O) groups excluding carboxylic acids is 2. The molecule has 0 saturated carbocycles. The zero-order valence-electron chi connectivity index (χ0n) is 16.6. The average Bonchev–Trinajstić information content (AvgIpc) is 3.50. The molecule has 0 aliphatic rings. The predicted octanol–water partition coefficient (Wildman–Crippen LogP) is 4.96. The highest BCUT2D eigenvalue weighted by molar-refractivity contribution is 6.02. The van der Waals surface area contributed by atoms with E-state index in [0.29, 0.717) is 11.3 Å². The van der Waals surface area contributed by atoms with Crippen molar-refractivity contribution in [3.05, 3.63) is 89.7 Å². The van der Waals surface area contributed by atoms with E-state index in [1.54, 1.807) is 6.07 Å². The van der Waals surface area contributed by atoms with Gasteiger partial charge in [-0.1, -0.05) is 17.3 Å². The van der Waals surface area contributed by atoms with E-state index in [1.165, 1.54) is 48.7 Å². The van der Waals surface area contributed by atoms with E-state index < -0.39 is 23.6 Å². The molecule has 0 fully saturated rings. The van der Waals surface area contributed by atoms with Crippen LogP contribution in [-0.4, -0.2) is 22.0 Å². The molecule has 1 amide bonds. The average molecular weight is 457 g/mol. The zero-order chi connectivity index (χ0) is 23.4. The monoisotopic (exact) mass is 457 g/mol.